The highest BCUT2D eigenvalue weighted by atomic mass is 16.4. The monoisotopic (exact) mass is 902 g/mol. The van der Waals surface area contributed by atoms with Crippen molar-refractivity contribution in [3.8, 4) is 0 Å². The largest absolute Gasteiger partial charge is 0.480 e. The van der Waals surface area contributed by atoms with E-state index in [0.29, 0.717) is 18.7 Å². The summed E-state index contributed by atoms with van der Waals surface area (Å²) in [5.74, 6) is -6.02. The van der Waals surface area contributed by atoms with E-state index in [4.69, 9.17) is 16.6 Å². The second kappa shape index (κ2) is 25.4. The van der Waals surface area contributed by atoms with Gasteiger partial charge in [-0.15, -0.1) is 5.10 Å². The number of aliphatic hydroxyl groups is 1. The fourth-order valence-corrected chi connectivity index (χ4v) is 6.60. The summed E-state index contributed by atoms with van der Waals surface area (Å²) in [7, 11) is 0. The molecular formula is C43H58N12O10. The van der Waals surface area contributed by atoms with Gasteiger partial charge in [0.05, 0.1) is 36.1 Å². The maximum absolute atomic E-state index is 13.3. The number of rotatable bonds is 27. The first-order valence-electron chi connectivity index (χ1n) is 21.1. The first-order valence-corrected chi connectivity index (χ1v) is 21.1. The van der Waals surface area contributed by atoms with Crippen LogP contribution in [0.15, 0.2) is 79.4 Å². The van der Waals surface area contributed by atoms with E-state index in [2.05, 4.69) is 41.9 Å². The fourth-order valence-electron chi connectivity index (χ4n) is 6.60. The Kier molecular flexibility index (Phi) is 19.9. The van der Waals surface area contributed by atoms with Crippen molar-refractivity contribution in [3.05, 3.63) is 102 Å². The molecule has 6 atom stereocenters. The third-order valence-corrected chi connectivity index (χ3v) is 10.1. The average Bonchev–Trinajstić information content (AvgIpc) is 3.95. The van der Waals surface area contributed by atoms with Gasteiger partial charge in [0.25, 0.3) is 0 Å². The van der Waals surface area contributed by atoms with Gasteiger partial charge in [-0.25, -0.2) is 9.78 Å². The molecule has 2 unspecified atom stereocenters. The molecule has 4 rings (SSSR count). The van der Waals surface area contributed by atoms with E-state index in [-0.39, 0.29) is 50.3 Å². The molecule has 0 aliphatic rings. The van der Waals surface area contributed by atoms with Crippen LogP contribution in [-0.4, -0.2) is 131 Å². The Hall–Kier alpha value is -6.88. The van der Waals surface area contributed by atoms with Crippen LogP contribution in [0, 0.1) is 5.92 Å². The number of nitrogens with one attached hydrogen (secondary N) is 5. The topological polar surface area (TPSA) is 341 Å². The zero-order valence-electron chi connectivity index (χ0n) is 36.2. The summed E-state index contributed by atoms with van der Waals surface area (Å²) >= 11 is 0. The van der Waals surface area contributed by atoms with E-state index in [1.165, 1.54) is 28.0 Å². The lowest BCUT2D eigenvalue weighted by molar-refractivity contribution is -0.142. The Morgan fingerprint density at radius 3 is 1.95 bits per heavy atom. The third kappa shape index (κ3) is 17.0. The first-order chi connectivity index (χ1) is 31.0. The Morgan fingerprint density at radius 1 is 0.708 bits per heavy atom. The minimum Gasteiger partial charge on any atom is -0.480 e. The predicted molar refractivity (Wildman–Crippen MR) is 233 cm³/mol. The molecule has 2 aromatic heterocycles. The van der Waals surface area contributed by atoms with Gasteiger partial charge >= 0.3 is 11.9 Å². The Morgan fingerprint density at radius 2 is 1.32 bits per heavy atom. The third-order valence-electron chi connectivity index (χ3n) is 10.1. The number of aromatic nitrogens is 5. The van der Waals surface area contributed by atoms with Gasteiger partial charge in [0.2, 0.25) is 29.5 Å². The standard InChI is InChI=1S/C43H58N12O10/c1-26(2)16-34(49-38(59)32(45)17-27-10-5-3-6-11-27)40(61)51-36(24-56)41(62)50-35(43(64)65)19-30-23-55(53-52-30)15-9-14-31(44)42(63)54-22-29(48-25-54)18-33(39(60)47-21-37(57)58)46-20-28-12-7-4-8-13-28/h3-8,10-13,22-23,25-26,31-36,46,56H,9,14-21,24,44-45H2,1-2H3,(H,47,60)(H,49,59)(H,50,62)(H,51,61)(H,57,58)(H,64,65)/t31?,32-,33-,34-,35?,36-/m0/s1. The van der Waals surface area contributed by atoms with Crippen molar-refractivity contribution in [1.82, 2.24) is 51.1 Å². The van der Waals surface area contributed by atoms with Gasteiger partial charge in [0, 0.05) is 38.3 Å². The molecule has 65 heavy (non-hydrogen) atoms. The maximum Gasteiger partial charge on any atom is 0.326 e. The van der Waals surface area contributed by atoms with E-state index in [9.17, 15) is 43.8 Å². The second-order valence-corrected chi connectivity index (χ2v) is 15.9. The summed E-state index contributed by atoms with van der Waals surface area (Å²) in [6, 6.07) is 11.4. The van der Waals surface area contributed by atoms with Crippen molar-refractivity contribution in [2.45, 2.75) is 102 Å². The molecule has 0 aliphatic heterocycles. The highest BCUT2D eigenvalue weighted by Gasteiger charge is 2.31. The molecule has 0 bridgehead atoms. The summed E-state index contributed by atoms with van der Waals surface area (Å²) < 4.78 is 2.64. The highest BCUT2D eigenvalue weighted by Crippen LogP contribution is 2.10. The van der Waals surface area contributed by atoms with Crippen LogP contribution in [0.4, 0.5) is 0 Å². The molecule has 0 aliphatic carbocycles. The number of nitrogens with zero attached hydrogens (tertiary/aromatic N) is 5. The van der Waals surface area contributed by atoms with E-state index in [1.54, 1.807) is 0 Å². The molecule has 2 heterocycles. The number of hydrogen-bond acceptors (Lipinski definition) is 14. The predicted octanol–water partition coefficient (Wildman–Crippen LogP) is -1.49. The number of nitrogens with two attached hydrogens (primary N) is 2. The van der Waals surface area contributed by atoms with Gasteiger partial charge < -0.3 is 53.4 Å². The number of benzene rings is 2. The summed E-state index contributed by atoms with van der Waals surface area (Å²) in [5.41, 5.74) is 14.6. The molecule has 2 aromatic carbocycles. The molecule has 4 aromatic rings. The number of imidazole rings is 1. The number of hydrogen-bond donors (Lipinski definition) is 10. The molecule has 0 radical (unpaired) electrons. The number of carboxylic acids is 2. The smallest absolute Gasteiger partial charge is 0.326 e. The number of carbonyl (C=O) groups excluding carboxylic acids is 5. The summed E-state index contributed by atoms with van der Waals surface area (Å²) in [4.78, 5) is 92.9. The highest BCUT2D eigenvalue weighted by molar-refractivity contribution is 5.94. The molecule has 4 amide bonds. The Balaban J connectivity index is 1.27. The van der Waals surface area contributed by atoms with Crippen molar-refractivity contribution >= 4 is 41.5 Å². The maximum atomic E-state index is 13.3. The van der Waals surface area contributed by atoms with Crippen molar-refractivity contribution in [1.29, 1.82) is 0 Å². The summed E-state index contributed by atoms with van der Waals surface area (Å²) in [5, 5.41) is 49.8. The fraction of sp³-hybridized carbons (Fsp3) is 0.442. The lowest BCUT2D eigenvalue weighted by Gasteiger charge is -2.25. The number of aryl methyl sites for hydroxylation is 1. The molecule has 22 heteroatoms. The molecule has 0 saturated heterocycles. The number of carbonyl (C=O) groups is 7. The molecular weight excluding hydrogens is 845 g/mol. The zero-order valence-corrected chi connectivity index (χ0v) is 36.2. The van der Waals surface area contributed by atoms with Crippen LogP contribution in [0.2, 0.25) is 0 Å². The van der Waals surface area contributed by atoms with Crippen LogP contribution in [-0.2, 0) is 61.1 Å². The van der Waals surface area contributed by atoms with E-state index in [0.717, 1.165) is 11.1 Å². The van der Waals surface area contributed by atoms with Gasteiger partial charge in [0.15, 0.2) is 0 Å². The lowest BCUT2D eigenvalue weighted by atomic mass is 10.0. The summed E-state index contributed by atoms with van der Waals surface area (Å²) in [6.45, 7) is 2.80. The minimum absolute atomic E-state index is 0.0549. The SMILES string of the molecule is CC(C)C[C@H](NC(=O)[C@@H](N)Cc1ccccc1)C(=O)N[C@@H](CO)C(=O)NC(Cc1cn(CCCC(N)C(=O)n2cnc(C[C@H](NCc3ccccc3)C(=O)NCC(=O)O)c2)nn1)C(=O)O. The lowest BCUT2D eigenvalue weighted by Crippen LogP contribution is -2.58. The second-order valence-electron chi connectivity index (χ2n) is 15.9. The molecule has 0 saturated carbocycles. The van der Waals surface area contributed by atoms with Gasteiger partial charge in [0.1, 0.15) is 31.0 Å². The van der Waals surface area contributed by atoms with E-state index in [1.807, 2.05) is 74.5 Å². The van der Waals surface area contributed by atoms with Gasteiger partial charge in [-0.05, 0) is 42.7 Å². The molecule has 22 nitrogen and oxygen atoms in total. The Bertz CT molecular complexity index is 2200. The van der Waals surface area contributed by atoms with E-state index < -0.39 is 90.9 Å². The molecule has 12 N–H and O–H groups in total. The van der Waals surface area contributed by atoms with Crippen LogP contribution in [0.25, 0.3) is 0 Å². The zero-order chi connectivity index (χ0) is 47.5. The normalized spacial score (nSPS) is 14.0. The number of amides is 4. The number of carboxylic acid groups (broad SMARTS) is 2. The van der Waals surface area contributed by atoms with Crippen molar-refractivity contribution in [3.63, 3.8) is 0 Å². The van der Waals surface area contributed by atoms with Gasteiger partial charge in [-0.3, -0.25) is 38.0 Å². The average molecular weight is 903 g/mol. The Labute approximate surface area is 374 Å². The molecule has 0 fully saturated rings. The van der Waals surface area contributed by atoms with Crippen LogP contribution in [0.3, 0.4) is 0 Å². The van der Waals surface area contributed by atoms with Crippen LogP contribution >= 0.6 is 0 Å². The van der Waals surface area contributed by atoms with Gasteiger partial charge in [-0.2, -0.15) is 0 Å². The quantitative estimate of drug-likeness (QED) is 0.0326. The molecule has 350 valence electrons. The van der Waals surface area contributed by atoms with Gasteiger partial charge in [-0.1, -0.05) is 79.7 Å². The summed E-state index contributed by atoms with van der Waals surface area (Å²) in [6.07, 6.45) is 4.95. The minimum atomic E-state index is -1.55. The van der Waals surface area contributed by atoms with Crippen molar-refractivity contribution in [2.75, 3.05) is 13.2 Å². The number of aliphatic carboxylic acids is 2. The van der Waals surface area contributed by atoms with Crippen molar-refractivity contribution < 1.29 is 48.9 Å². The number of aliphatic hydroxyl groups excluding tert-OH is 1. The van der Waals surface area contributed by atoms with Crippen LogP contribution in [0.5, 0.6) is 0 Å². The van der Waals surface area contributed by atoms with Crippen molar-refractivity contribution in [2.24, 2.45) is 17.4 Å². The molecule has 0 spiro atoms. The van der Waals surface area contributed by atoms with Crippen LogP contribution in [0.1, 0.15) is 60.4 Å². The van der Waals surface area contributed by atoms with Crippen LogP contribution < -0.4 is 38.1 Å². The first kappa shape index (κ1) is 50.8. The van der Waals surface area contributed by atoms with E-state index >= 15 is 0 Å².